The third kappa shape index (κ3) is 6.16. The van der Waals surface area contributed by atoms with Gasteiger partial charge >= 0.3 is 0 Å². The van der Waals surface area contributed by atoms with Crippen LogP contribution in [0.2, 0.25) is 0 Å². The standard InChI is InChI=1S/C19H31N5OS/c1-17-4-2-5-18(21-17)16-23-7-3-8-24(11-10-23)19(26)20-6-9-22-12-14-25-15-13-22/h2,4-5H,3,6-16H2,1H3,(H,20,26). The van der Waals surface area contributed by atoms with Crippen molar-refractivity contribution < 1.29 is 4.74 Å². The molecule has 0 spiro atoms. The minimum atomic E-state index is 0.849. The molecule has 2 aliphatic heterocycles. The van der Waals surface area contributed by atoms with Crippen molar-refractivity contribution >= 4 is 17.3 Å². The summed E-state index contributed by atoms with van der Waals surface area (Å²) in [5.41, 5.74) is 2.24. The number of ether oxygens (including phenoxy) is 1. The molecule has 6 nitrogen and oxygen atoms in total. The van der Waals surface area contributed by atoms with Gasteiger partial charge in [0.15, 0.2) is 5.11 Å². The average Bonchev–Trinajstić information content (AvgIpc) is 2.88. The van der Waals surface area contributed by atoms with E-state index in [-0.39, 0.29) is 0 Å². The first-order valence-corrected chi connectivity index (χ1v) is 10.1. The Bertz CT molecular complexity index is 579. The Labute approximate surface area is 162 Å². The third-order valence-electron chi connectivity index (χ3n) is 5.02. The number of morpholine rings is 1. The third-order valence-corrected chi connectivity index (χ3v) is 5.42. The fourth-order valence-corrected chi connectivity index (χ4v) is 3.79. The zero-order chi connectivity index (χ0) is 18.2. The predicted octanol–water partition coefficient (Wildman–Crippen LogP) is 1.10. The summed E-state index contributed by atoms with van der Waals surface area (Å²) in [6, 6.07) is 6.26. The maximum atomic E-state index is 5.63. The first-order valence-electron chi connectivity index (χ1n) is 9.68. The molecule has 0 radical (unpaired) electrons. The second kappa shape index (κ2) is 10.2. The van der Waals surface area contributed by atoms with Gasteiger partial charge in [0.05, 0.1) is 18.9 Å². The Morgan fingerprint density at radius 3 is 2.77 bits per heavy atom. The van der Waals surface area contributed by atoms with Gasteiger partial charge in [-0.1, -0.05) is 6.07 Å². The monoisotopic (exact) mass is 377 g/mol. The summed E-state index contributed by atoms with van der Waals surface area (Å²) in [5, 5.41) is 4.34. The van der Waals surface area contributed by atoms with Crippen molar-refractivity contribution in [2.75, 3.05) is 65.6 Å². The number of nitrogens with one attached hydrogen (secondary N) is 1. The van der Waals surface area contributed by atoms with Gasteiger partial charge in [-0.15, -0.1) is 0 Å². The van der Waals surface area contributed by atoms with Gasteiger partial charge < -0.3 is 15.0 Å². The zero-order valence-corrected chi connectivity index (χ0v) is 16.6. The van der Waals surface area contributed by atoms with Gasteiger partial charge in [-0.25, -0.2) is 0 Å². The molecule has 0 saturated carbocycles. The van der Waals surface area contributed by atoms with Crippen LogP contribution in [0.5, 0.6) is 0 Å². The highest BCUT2D eigenvalue weighted by atomic mass is 32.1. The minimum absolute atomic E-state index is 0.849. The van der Waals surface area contributed by atoms with Crippen molar-refractivity contribution in [2.45, 2.75) is 19.9 Å². The number of nitrogens with zero attached hydrogens (tertiary/aromatic N) is 4. The van der Waals surface area contributed by atoms with E-state index in [2.05, 4.69) is 50.1 Å². The molecule has 26 heavy (non-hydrogen) atoms. The highest BCUT2D eigenvalue weighted by Crippen LogP contribution is 2.08. The van der Waals surface area contributed by atoms with Gasteiger partial charge in [0.25, 0.3) is 0 Å². The molecule has 0 aliphatic carbocycles. The van der Waals surface area contributed by atoms with E-state index >= 15 is 0 Å². The molecule has 0 amide bonds. The van der Waals surface area contributed by atoms with Crippen LogP contribution in [0.1, 0.15) is 17.8 Å². The van der Waals surface area contributed by atoms with Gasteiger partial charge in [0.2, 0.25) is 0 Å². The molecular weight excluding hydrogens is 346 g/mol. The molecule has 2 saturated heterocycles. The summed E-state index contributed by atoms with van der Waals surface area (Å²) in [6.07, 6.45) is 1.14. The highest BCUT2D eigenvalue weighted by molar-refractivity contribution is 7.80. The van der Waals surface area contributed by atoms with Crippen LogP contribution in [0.15, 0.2) is 18.2 Å². The molecule has 2 aliphatic rings. The molecule has 3 rings (SSSR count). The summed E-state index contributed by atoms with van der Waals surface area (Å²) in [4.78, 5) is 11.9. The zero-order valence-electron chi connectivity index (χ0n) is 15.8. The molecular formula is C19H31N5OS. The van der Waals surface area contributed by atoms with Gasteiger partial charge in [-0.05, 0) is 37.7 Å². The number of thiocarbonyl (C=S) groups is 1. The van der Waals surface area contributed by atoms with Crippen molar-refractivity contribution in [1.29, 1.82) is 0 Å². The van der Waals surface area contributed by atoms with Crippen LogP contribution < -0.4 is 5.32 Å². The smallest absolute Gasteiger partial charge is 0.169 e. The summed E-state index contributed by atoms with van der Waals surface area (Å²) in [6.45, 7) is 12.8. The Balaban J connectivity index is 1.39. The van der Waals surface area contributed by atoms with Crippen molar-refractivity contribution in [3.8, 4) is 0 Å². The minimum Gasteiger partial charge on any atom is -0.379 e. The van der Waals surface area contributed by atoms with Crippen LogP contribution in [0.25, 0.3) is 0 Å². The van der Waals surface area contributed by atoms with Gasteiger partial charge in [0, 0.05) is 64.6 Å². The highest BCUT2D eigenvalue weighted by Gasteiger charge is 2.17. The quantitative estimate of drug-likeness (QED) is 0.771. The molecule has 144 valence electrons. The SMILES string of the molecule is Cc1cccc(CN2CCCN(C(=S)NCCN3CCOCC3)CC2)n1. The molecule has 0 bridgehead atoms. The molecule has 1 aromatic rings. The lowest BCUT2D eigenvalue weighted by molar-refractivity contribution is 0.0389. The second-order valence-corrected chi connectivity index (χ2v) is 7.46. The topological polar surface area (TPSA) is 43.9 Å². The van der Waals surface area contributed by atoms with Crippen LogP contribution >= 0.6 is 12.2 Å². The van der Waals surface area contributed by atoms with E-state index in [0.29, 0.717) is 0 Å². The summed E-state index contributed by atoms with van der Waals surface area (Å²) < 4.78 is 5.39. The average molecular weight is 378 g/mol. The van der Waals surface area contributed by atoms with Crippen LogP contribution in [0, 0.1) is 6.92 Å². The van der Waals surface area contributed by atoms with Crippen molar-refractivity contribution in [3.63, 3.8) is 0 Å². The van der Waals surface area contributed by atoms with Crippen molar-refractivity contribution in [3.05, 3.63) is 29.6 Å². The largest absolute Gasteiger partial charge is 0.379 e. The van der Waals surface area contributed by atoms with Gasteiger partial charge in [-0.2, -0.15) is 0 Å². The number of rotatable bonds is 5. The molecule has 1 N–H and O–H groups in total. The Morgan fingerprint density at radius 1 is 1.12 bits per heavy atom. The van der Waals surface area contributed by atoms with E-state index in [9.17, 15) is 0 Å². The van der Waals surface area contributed by atoms with Crippen molar-refractivity contribution in [2.24, 2.45) is 0 Å². The first kappa shape index (κ1) is 19.5. The second-order valence-electron chi connectivity index (χ2n) is 7.07. The lowest BCUT2D eigenvalue weighted by atomic mass is 10.3. The maximum absolute atomic E-state index is 5.63. The molecule has 3 heterocycles. The summed E-state index contributed by atoms with van der Waals surface area (Å²) >= 11 is 5.63. The van der Waals surface area contributed by atoms with Gasteiger partial charge in [0.1, 0.15) is 0 Å². The van der Waals surface area contributed by atoms with Crippen LogP contribution in [-0.4, -0.2) is 90.4 Å². The number of hydrogen-bond acceptors (Lipinski definition) is 5. The Hall–Kier alpha value is -1.28. The lowest BCUT2D eigenvalue weighted by Crippen LogP contribution is -2.46. The number of aryl methyl sites for hydroxylation is 1. The Morgan fingerprint density at radius 2 is 1.96 bits per heavy atom. The molecule has 7 heteroatoms. The van der Waals surface area contributed by atoms with E-state index in [1.165, 1.54) is 0 Å². The van der Waals surface area contributed by atoms with Crippen LogP contribution in [0.4, 0.5) is 0 Å². The summed E-state index contributed by atoms with van der Waals surface area (Å²) in [7, 11) is 0. The summed E-state index contributed by atoms with van der Waals surface area (Å²) in [5.74, 6) is 0. The predicted molar refractivity (Wildman–Crippen MR) is 108 cm³/mol. The molecule has 2 fully saturated rings. The van der Waals surface area contributed by atoms with E-state index in [0.717, 1.165) is 95.0 Å². The van der Waals surface area contributed by atoms with Crippen LogP contribution in [-0.2, 0) is 11.3 Å². The number of hydrogen-bond donors (Lipinski definition) is 1. The van der Waals surface area contributed by atoms with Crippen molar-refractivity contribution in [1.82, 2.24) is 25.0 Å². The molecule has 0 aromatic carbocycles. The maximum Gasteiger partial charge on any atom is 0.169 e. The number of pyridine rings is 1. The first-order chi connectivity index (χ1) is 12.7. The molecule has 0 unspecified atom stereocenters. The van der Waals surface area contributed by atoms with Crippen LogP contribution in [0.3, 0.4) is 0 Å². The molecule has 1 aromatic heterocycles. The molecule has 0 atom stereocenters. The van der Waals surface area contributed by atoms with E-state index in [1.54, 1.807) is 0 Å². The fourth-order valence-electron chi connectivity index (χ4n) is 3.51. The van der Waals surface area contributed by atoms with E-state index < -0.39 is 0 Å². The lowest BCUT2D eigenvalue weighted by Gasteiger charge is -2.28. The van der Waals surface area contributed by atoms with E-state index in [4.69, 9.17) is 17.0 Å². The number of aromatic nitrogens is 1. The Kier molecular flexibility index (Phi) is 7.61. The van der Waals surface area contributed by atoms with Gasteiger partial charge in [-0.3, -0.25) is 14.8 Å². The fraction of sp³-hybridized carbons (Fsp3) is 0.684. The van der Waals surface area contributed by atoms with E-state index in [1.807, 2.05) is 0 Å². The normalized spacial score (nSPS) is 20.0.